The highest BCUT2D eigenvalue weighted by molar-refractivity contribution is 5.24. The zero-order chi connectivity index (χ0) is 11.6. The van der Waals surface area contributed by atoms with Crippen LogP contribution < -0.4 is 5.73 Å². The molecule has 1 atom stereocenters. The molecule has 0 spiro atoms. The van der Waals surface area contributed by atoms with E-state index in [0.717, 1.165) is 12.8 Å². The van der Waals surface area contributed by atoms with Crippen molar-refractivity contribution in [3.63, 3.8) is 0 Å². The molecule has 3 nitrogen and oxygen atoms in total. The summed E-state index contributed by atoms with van der Waals surface area (Å²) in [5.41, 5.74) is 8.56. The Morgan fingerprint density at radius 3 is 2.53 bits per heavy atom. The van der Waals surface area contributed by atoms with Gasteiger partial charge in [0.15, 0.2) is 0 Å². The van der Waals surface area contributed by atoms with E-state index in [0.29, 0.717) is 0 Å². The molecule has 1 heterocycles. The fraction of sp³-hybridized carbons (Fsp3) is 0.750. The van der Waals surface area contributed by atoms with Gasteiger partial charge in [-0.1, -0.05) is 27.7 Å². The second-order valence-electron chi connectivity index (χ2n) is 5.30. The maximum absolute atomic E-state index is 5.99. The van der Waals surface area contributed by atoms with Gasteiger partial charge in [0.2, 0.25) is 0 Å². The maximum Gasteiger partial charge on any atom is 0.0710 e. The number of nitrogens with zero attached hydrogens (tertiary/aromatic N) is 2. The van der Waals surface area contributed by atoms with Gasteiger partial charge >= 0.3 is 0 Å². The van der Waals surface area contributed by atoms with Crippen molar-refractivity contribution in [1.82, 2.24) is 9.78 Å². The zero-order valence-electron chi connectivity index (χ0n) is 10.5. The lowest BCUT2D eigenvalue weighted by atomic mass is 9.88. The first-order valence-electron chi connectivity index (χ1n) is 5.63. The minimum absolute atomic E-state index is 0.101. The van der Waals surface area contributed by atoms with Gasteiger partial charge < -0.3 is 5.73 Å². The Morgan fingerprint density at radius 1 is 1.47 bits per heavy atom. The Morgan fingerprint density at radius 2 is 2.07 bits per heavy atom. The van der Waals surface area contributed by atoms with Gasteiger partial charge in [0.25, 0.3) is 0 Å². The van der Waals surface area contributed by atoms with Crippen LogP contribution in [0.15, 0.2) is 6.20 Å². The standard InChI is InChI=1S/C12H23N3/c1-6-10(13)7-9-8-15(5)14-11(9)12(2,3)4/h8,10H,6-7,13H2,1-5H3. The minimum atomic E-state index is 0.101. The molecule has 0 aliphatic rings. The monoisotopic (exact) mass is 209 g/mol. The average molecular weight is 209 g/mol. The molecule has 1 unspecified atom stereocenters. The van der Waals surface area contributed by atoms with Gasteiger partial charge in [-0.05, 0) is 18.4 Å². The second kappa shape index (κ2) is 4.35. The van der Waals surface area contributed by atoms with E-state index in [-0.39, 0.29) is 11.5 Å². The summed E-state index contributed by atoms with van der Waals surface area (Å²) in [5.74, 6) is 0. The molecule has 0 aromatic carbocycles. The van der Waals surface area contributed by atoms with E-state index in [9.17, 15) is 0 Å². The number of rotatable bonds is 3. The lowest BCUT2D eigenvalue weighted by Crippen LogP contribution is -2.23. The number of hydrogen-bond donors (Lipinski definition) is 1. The predicted octanol–water partition coefficient (Wildman–Crippen LogP) is 2.00. The average Bonchev–Trinajstić information content (AvgIpc) is 2.45. The van der Waals surface area contributed by atoms with Crippen molar-refractivity contribution in [1.29, 1.82) is 0 Å². The molecule has 2 N–H and O–H groups in total. The summed E-state index contributed by atoms with van der Waals surface area (Å²) in [5, 5.41) is 4.53. The van der Waals surface area contributed by atoms with Gasteiger partial charge in [0.05, 0.1) is 5.69 Å². The zero-order valence-corrected chi connectivity index (χ0v) is 10.5. The van der Waals surface area contributed by atoms with Crippen molar-refractivity contribution in [2.45, 2.75) is 52.0 Å². The van der Waals surface area contributed by atoms with Gasteiger partial charge in [0.1, 0.15) is 0 Å². The SMILES string of the molecule is CCC(N)Cc1cn(C)nc1C(C)(C)C. The number of hydrogen-bond acceptors (Lipinski definition) is 2. The van der Waals surface area contributed by atoms with Crippen molar-refractivity contribution in [3.8, 4) is 0 Å². The van der Waals surface area contributed by atoms with Crippen LogP contribution in [0.2, 0.25) is 0 Å². The van der Waals surface area contributed by atoms with Crippen LogP contribution in [-0.2, 0) is 18.9 Å². The summed E-state index contributed by atoms with van der Waals surface area (Å²) >= 11 is 0. The molecule has 86 valence electrons. The predicted molar refractivity (Wildman–Crippen MR) is 63.9 cm³/mol. The highest BCUT2D eigenvalue weighted by Gasteiger charge is 2.22. The van der Waals surface area contributed by atoms with E-state index in [2.05, 4.69) is 39.0 Å². The smallest absolute Gasteiger partial charge is 0.0710 e. The Hall–Kier alpha value is -0.830. The summed E-state index contributed by atoms with van der Waals surface area (Å²) in [6.07, 6.45) is 4.03. The first-order chi connectivity index (χ1) is 6.84. The van der Waals surface area contributed by atoms with Crippen LogP contribution in [0.5, 0.6) is 0 Å². The summed E-state index contributed by atoms with van der Waals surface area (Å²) in [6.45, 7) is 8.70. The lowest BCUT2D eigenvalue weighted by Gasteiger charge is -2.18. The van der Waals surface area contributed by atoms with Gasteiger partial charge in [-0.2, -0.15) is 5.10 Å². The van der Waals surface area contributed by atoms with E-state index in [1.807, 2.05) is 11.7 Å². The lowest BCUT2D eigenvalue weighted by molar-refractivity contribution is 0.542. The molecular weight excluding hydrogens is 186 g/mol. The first kappa shape index (κ1) is 12.2. The van der Waals surface area contributed by atoms with Crippen LogP contribution in [0.1, 0.15) is 45.4 Å². The summed E-state index contributed by atoms with van der Waals surface area (Å²) < 4.78 is 1.89. The van der Waals surface area contributed by atoms with E-state index < -0.39 is 0 Å². The van der Waals surface area contributed by atoms with E-state index in [1.54, 1.807) is 0 Å². The van der Waals surface area contributed by atoms with Crippen LogP contribution >= 0.6 is 0 Å². The van der Waals surface area contributed by atoms with Gasteiger partial charge in [-0.3, -0.25) is 4.68 Å². The van der Waals surface area contributed by atoms with E-state index >= 15 is 0 Å². The molecule has 1 aromatic rings. The van der Waals surface area contributed by atoms with E-state index in [4.69, 9.17) is 5.73 Å². The van der Waals surface area contributed by atoms with E-state index in [1.165, 1.54) is 11.3 Å². The molecule has 0 aliphatic heterocycles. The third-order valence-corrected chi connectivity index (χ3v) is 2.62. The normalized spacial score (nSPS) is 14.3. The van der Waals surface area contributed by atoms with Crippen LogP contribution in [0, 0.1) is 0 Å². The van der Waals surface area contributed by atoms with Crippen LogP contribution in [0.3, 0.4) is 0 Å². The molecule has 0 amide bonds. The number of aryl methyl sites for hydroxylation is 1. The van der Waals surface area contributed by atoms with Gasteiger partial charge in [0, 0.05) is 24.7 Å². The molecule has 0 aliphatic carbocycles. The molecule has 0 bridgehead atoms. The van der Waals surface area contributed by atoms with Gasteiger partial charge in [-0.15, -0.1) is 0 Å². The van der Waals surface area contributed by atoms with Crippen molar-refractivity contribution in [2.75, 3.05) is 0 Å². The summed E-state index contributed by atoms with van der Waals surface area (Å²) in [6, 6.07) is 0.246. The molecule has 0 radical (unpaired) electrons. The highest BCUT2D eigenvalue weighted by Crippen LogP contribution is 2.24. The fourth-order valence-electron chi connectivity index (χ4n) is 1.75. The Labute approximate surface area is 92.7 Å². The van der Waals surface area contributed by atoms with Crippen LogP contribution in [-0.4, -0.2) is 15.8 Å². The van der Waals surface area contributed by atoms with Crippen molar-refractivity contribution in [2.24, 2.45) is 12.8 Å². The Kier molecular flexibility index (Phi) is 3.55. The molecule has 0 saturated carbocycles. The number of aromatic nitrogens is 2. The Balaban J connectivity index is 2.96. The number of nitrogens with two attached hydrogens (primary N) is 1. The molecule has 1 rings (SSSR count). The molecule has 1 aromatic heterocycles. The first-order valence-corrected chi connectivity index (χ1v) is 5.63. The molecule has 3 heteroatoms. The fourth-order valence-corrected chi connectivity index (χ4v) is 1.75. The quantitative estimate of drug-likeness (QED) is 0.827. The van der Waals surface area contributed by atoms with Crippen molar-refractivity contribution < 1.29 is 0 Å². The molecule has 15 heavy (non-hydrogen) atoms. The molecule has 0 saturated heterocycles. The third kappa shape index (κ3) is 3.06. The minimum Gasteiger partial charge on any atom is -0.327 e. The third-order valence-electron chi connectivity index (χ3n) is 2.62. The largest absolute Gasteiger partial charge is 0.327 e. The molecule has 0 fully saturated rings. The highest BCUT2D eigenvalue weighted by atomic mass is 15.3. The second-order valence-corrected chi connectivity index (χ2v) is 5.30. The Bertz CT molecular complexity index is 320. The van der Waals surface area contributed by atoms with Crippen LogP contribution in [0.4, 0.5) is 0 Å². The summed E-state index contributed by atoms with van der Waals surface area (Å²) in [4.78, 5) is 0. The van der Waals surface area contributed by atoms with Crippen molar-refractivity contribution in [3.05, 3.63) is 17.5 Å². The summed E-state index contributed by atoms with van der Waals surface area (Å²) in [7, 11) is 1.97. The van der Waals surface area contributed by atoms with Crippen molar-refractivity contribution >= 4 is 0 Å². The topological polar surface area (TPSA) is 43.8 Å². The maximum atomic E-state index is 5.99. The molecular formula is C12H23N3. The van der Waals surface area contributed by atoms with Crippen LogP contribution in [0.25, 0.3) is 0 Å². The van der Waals surface area contributed by atoms with Gasteiger partial charge in [-0.25, -0.2) is 0 Å².